The molecule has 160 valence electrons. The molecular weight excluding hydrogens is 386 g/mol. The number of hydrogen-bond acceptors (Lipinski definition) is 5. The molecule has 0 fully saturated rings. The molecule has 4 heterocycles. The topological polar surface area (TPSA) is 50.3 Å². The van der Waals surface area contributed by atoms with Crippen LogP contribution in [0.1, 0.15) is 43.3 Å². The molecule has 0 amide bonds. The van der Waals surface area contributed by atoms with E-state index in [2.05, 4.69) is 90.3 Å². The highest BCUT2D eigenvalue weighted by molar-refractivity contribution is 6.06. The number of anilines is 1. The van der Waals surface area contributed by atoms with Gasteiger partial charge in [0.05, 0.1) is 11.2 Å². The van der Waals surface area contributed by atoms with Crippen molar-refractivity contribution in [3.63, 3.8) is 0 Å². The third kappa shape index (κ3) is 2.85. The molecule has 0 radical (unpaired) electrons. The molecule has 3 aromatic heterocycles. The van der Waals surface area contributed by atoms with E-state index in [1.165, 1.54) is 11.1 Å². The fourth-order valence-electron chi connectivity index (χ4n) is 5.15. The third-order valence-electron chi connectivity index (χ3n) is 6.54. The number of rotatable bonds is 3. The second kappa shape index (κ2) is 6.61. The predicted octanol–water partition coefficient (Wildman–Crippen LogP) is 5.51. The summed E-state index contributed by atoms with van der Waals surface area (Å²) in [5, 5.41) is 6.76. The largest absolute Gasteiger partial charge is 0.438 e. The van der Waals surface area contributed by atoms with Crippen molar-refractivity contribution >= 4 is 27.9 Å². The maximum atomic E-state index is 6.15. The van der Waals surface area contributed by atoms with Crippen molar-refractivity contribution in [1.82, 2.24) is 19.7 Å². The molecule has 6 nitrogen and oxygen atoms in total. The highest BCUT2D eigenvalue weighted by Gasteiger charge is 2.39. The number of pyridine rings is 1. The summed E-state index contributed by atoms with van der Waals surface area (Å²) in [5.74, 6) is 1.09. The van der Waals surface area contributed by atoms with Gasteiger partial charge < -0.3 is 14.2 Å². The van der Waals surface area contributed by atoms with Crippen LogP contribution in [0.3, 0.4) is 0 Å². The standard InChI is InChI=1S/C25H29N5O/c1-15-8-11-20-22(19-10-9-16(2)26-24(19)31-20)23(15)25(5,6)30-13-12-29(18(30)4)21-14-17(3)27-28(21)7/h8-14,18H,1-7H3/t18-/m1/s1. The summed E-state index contributed by atoms with van der Waals surface area (Å²) < 4.78 is 8.09. The van der Waals surface area contributed by atoms with E-state index in [4.69, 9.17) is 4.42 Å². The van der Waals surface area contributed by atoms with Crippen molar-refractivity contribution in [2.75, 3.05) is 4.90 Å². The van der Waals surface area contributed by atoms with Crippen LogP contribution in [0.2, 0.25) is 0 Å². The zero-order valence-corrected chi connectivity index (χ0v) is 19.3. The van der Waals surface area contributed by atoms with Crippen molar-refractivity contribution in [2.24, 2.45) is 7.05 Å². The molecule has 0 unspecified atom stereocenters. The van der Waals surface area contributed by atoms with Gasteiger partial charge in [-0.25, -0.2) is 4.98 Å². The SMILES string of the molecule is Cc1ccc2c(n1)oc1ccc(C)c(C(C)(C)N3C=CN(c4cc(C)nn4C)[C@H]3C)c12. The first-order valence-electron chi connectivity index (χ1n) is 10.7. The van der Waals surface area contributed by atoms with Crippen molar-refractivity contribution in [2.45, 2.75) is 53.2 Å². The van der Waals surface area contributed by atoms with Crippen LogP contribution in [0.25, 0.3) is 22.1 Å². The van der Waals surface area contributed by atoms with Crippen molar-refractivity contribution in [1.29, 1.82) is 0 Å². The Morgan fingerprint density at radius 2 is 1.77 bits per heavy atom. The van der Waals surface area contributed by atoms with Gasteiger partial charge in [-0.3, -0.25) is 4.68 Å². The lowest BCUT2D eigenvalue weighted by atomic mass is 9.85. The van der Waals surface area contributed by atoms with E-state index in [0.717, 1.165) is 33.6 Å². The van der Waals surface area contributed by atoms with Crippen LogP contribution in [0, 0.1) is 20.8 Å². The first-order chi connectivity index (χ1) is 14.7. The number of aryl methyl sites for hydroxylation is 4. The number of nitrogens with zero attached hydrogens (tertiary/aromatic N) is 5. The van der Waals surface area contributed by atoms with E-state index in [-0.39, 0.29) is 11.7 Å². The van der Waals surface area contributed by atoms with Gasteiger partial charge in [-0.2, -0.15) is 5.10 Å². The molecule has 0 bridgehead atoms. The second-order valence-electron chi connectivity index (χ2n) is 9.11. The third-order valence-corrected chi connectivity index (χ3v) is 6.54. The van der Waals surface area contributed by atoms with Crippen molar-refractivity contribution < 1.29 is 4.42 Å². The number of fused-ring (bicyclic) bond motifs is 3. The average Bonchev–Trinajstić information content (AvgIpc) is 3.35. The predicted molar refractivity (Wildman–Crippen MR) is 125 cm³/mol. The van der Waals surface area contributed by atoms with Crippen LogP contribution >= 0.6 is 0 Å². The summed E-state index contributed by atoms with van der Waals surface area (Å²) in [6.45, 7) is 13.0. The fourth-order valence-corrected chi connectivity index (χ4v) is 5.15. The van der Waals surface area contributed by atoms with Crippen LogP contribution in [0.4, 0.5) is 5.82 Å². The number of aromatic nitrogens is 3. The Morgan fingerprint density at radius 3 is 2.48 bits per heavy atom. The molecule has 0 saturated carbocycles. The summed E-state index contributed by atoms with van der Waals surface area (Å²) in [5.41, 5.74) is 5.81. The normalized spacial score (nSPS) is 16.9. The summed E-state index contributed by atoms with van der Waals surface area (Å²) in [7, 11) is 1.99. The lowest BCUT2D eigenvalue weighted by Gasteiger charge is -2.42. The van der Waals surface area contributed by atoms with Gasteiger partial charge in [-0.15, -0.1) is 0 Å². The summed E-state index contributed by atoms with van der Waals surface area (Å²) in [6.07, 6.45) is 4.48. The summed E-state index contributed by atoms with van der Waals surface area (Å²) >= 11 is 0. The van der Waals surface area contributed by atoms with E-state index < -0.39 is 0 Å². The van der Waals surface area contributed by atoms with Gasteiger partial charge in [0.15, 0.2) is 0 Å². The Kier molecular flexibility index (Phi) is 4.19. The average molecular weight is 416 g/mol. The summed E-state index contributed by atoms with van der Waals surface area (Å²) in [4.78, 5) is 9.32. The molecule has 1 aromatic carbocycles. The van der Waals surface area contributed by atoms with Gasteiger partial charge in [0.2, 0.25) is 5.71 Å². The Balaban J connectivity index is 1.64. The van der Waals surface area contributed by atoms with Crippen LogP contribution in [0.5, 0.6) is 0 Å². The minimum absolute atomic E-state index is 0.137. The molecule has 1 aliphatic rings. The highest BCUT2D eigenvalue weighted by Crippen LogP contribution is 2.43. The molecule has 6 heteroatoms. The molecule has 0 N–H and O–H groups in total. The molecule has 31 heavy (non-hydrogen) atoms. The maximum Gasteiger partial charge on any atom is 0.227 e. The van der Waals surface area contributed by atoms with E-state index >= 15 is 0 Å². The van der Waals surface area contributed by atoms with Gasteiger partial charge in [-0.1, -0.05) is 6.07 Å². The van der Waals surface area contributed by atoms with Gasteiger partial charge in [0.25, 0.3) is 0 Å². The van der Waals surface area contributed by atoms with E-state index in [0.29, 0.717) is 5.71 Å². The Bertz CT molecular complexity index is 1340. The number of furan rings is 1. The minimum Gasteiger partial charge on any atom is -0.438 e. The number of hydrogen-bond donors (Lipinski definition) is 0. The molecule has 0 spiro atoms. The second-order valence-corrected chi connectivity index (χ2v) is 9.11. The lowest BCUT2D eigenvalue weighted by Crippen LogP contribution is -2.47. The van der Waals surface area contributed by atoms with Gasteiger partial charge >= 0.3 is 0 Å². The van der Waals surface area contributed by atoms with E-state index in [1.54, 1.807) is 0 Å². The Labute approximate surface area is 182 Å². The van der Waals surface area contributed by atoms with Crippen LogP contribution in [-0.4, -0.2) is 25.8 Å². The zero-order chi connectivity index (χ0) is 22.1. The van der Waals surface area contributed by atoms with Crippen molar-refractivity contribution in [3.8, 4) is 0 Å². The first kappa shape index (κ1) is 19.7. The lowest BCUT2D eigenvalue weighted by molar-refractivity contribution is 0.153. The monoisotopic (exact) mass is 415 g/mol. The summed E-state index contributed by atoms with van der Waals surface area (Å²) in [6, 6.07) is 10.5. The maximum absolute atomic E-state index is 6.15. The number of benzene rings is 1. The molecule has 5 rings (SSSR count). The molecule has 1 aliphatic heterocycles. The minimum atomic E-state index is -0.274. The molecule has 4 aromatic rings. The quantitative estimate of drug-likeness (QED) is 0.441. The van der Waals surface area contributed by atoms with Crippen LogP contribution in [-0.2, 0) is 12.6 Å². The smallest absolute Gasteiger partial charge is 0.227 e. The van der Waals surface area contributed by atoms with Crippen molar-refractivity contribution in [3.05, 3.63) is 65.2 Å². The van der Waals surface area contributed by atoms with Gasteiger partial charge in [0.1, 0.15) is 17.6 Å². The van der Waals surface area contributed by atoms with Crippen LogP contribution < -0.4 is 4.90 Å². The van der Waals surface area contributed by atoms with E-state index in [1.807, 2.05) is 25.6 Å². The van der Waals surface area contributed by atoms with Gasteiger partial charge in [0, 0.05) is 42.0 Å². The first-order valence-corrected chi connectivity index (χ1v) is 10.7. The molecule has 0 saturated heterocycles. The Morgan fingerprint density at radius 1 is 1.00 bits per heavy atom. The fraction of sp³-hybridized carbons (Fsp3) is 0.360. The van der Waals surface area contributed by atoms with Crippen LogP contribution in [0.15, 0.2) is 47.1 Å². The molecular formula is C25H29N5O. The molecule has 0 aliphatic carbocycles. The highest BCUT2D eigenvalue weighted by atomic mass is 16.3. The molecule has 1 atom stereocenters. The van der Waals surface area contributed by atoms with E-state index in [9.17, 15) is 0 Å². The van der Waals surface area contributed by atoms with Gasteiger partial charge in [-0.05, 0) is 70.9 Å². The Hall–Kier alpha value is -3.28. The zero-order valence-electron chi connectivity index (χ0n) is 19.3.